The number of nitrogens with zero attached hydrogens (tertiary/aromatic N) is 1. The van der Waals surface area contributed by atoms with Gasteiger partial charge in [0.05, 0.1) is 12.5 Å². The molecule has 0 spiro atoms. The molecule has 0 saturated heterocycles. The van der Waals surface area contributed by atoms with Crippen molar-refractivity contribution in [3.05, 3.63) is 22.5 Å². The highest BCUT2D eigenvalue weighted by Gasteiger charge is 2.38. The van der Waals surface area contributed by atoms with Crippen LogP contribution in [0.5, 0.6) is 0 Å². The number of amides is 1. The van der Waals surface area contributed by atoms with Crippen LogP contribution in [0.2, 0.25) is 0 Å². The van der Waals surface area contributed by atoms with E-state index < -0.39 is 6.10 Å². The molecule has 1 saturated carbocycles. The number of Topliss-reactive ketones (excluding diaryl/α,β-unsaturated/α-hetero) is 1. The van der Waals surface area contributed by atoms with Gasteiger partial charge >= 0.3 is 0 Å². The van der Waals surface area contributed by atoms with Gasteiger partial charge in [0.25, 0.3) is 0 Å². The second kappa shape index (κ2) is 7.78. The molecule has 150 valence electrons. The van der Waals surface area contributed by atoms with Crippen molar-refractivity contribution in [3.8, 4) is 0 Å². The number of hydrogen-bond donors (Lipinski definition) is 2. The zero-order valence-electron chi connectivity index (χ0n) is 17.2. The van der Waals surface area contributed by atoms with Gasteiger partial charge in [0.15, 0.2) is 5.78 Å². The smallest absolute Gasteiger partial charge is 0.224 e. The number of hydrogen-bond acceptors (Lipinski definition) is 3. The Labute approximate surface area is 162 Å². The second-order valence-corrected chi connectivity index (χ2v) is 9.32. The third-order valence-corrected chi connectivity index (χ3v) is 6.12. The first-order valence-corrected chi connectivity index (χ1v) is 10.4. The molecule has 2 aliphatic carbocycles. The van der Waals surface area contributed by atoms with E-state index in [0.29, 0.717) is 12.5 Å². The van der Waals surface area contributed by atoms with Crippen molar-refractivity contribution >= 4 is 11.7 Å². The monoisotopic (exact) mass is 374 g/mol. The van der Waals surface area contributed by atoms with Gasteiger partial charge in [-0.1, -0.05) is 33.1 Å². The summed E-state index contributed by atoms with van der Waals surface area (Å²) in [6, 6.07) is 0.448. The van der Waals surface area contributed by atoms with Crippen LogP contribution in [0.1, 0.15) is 92.6 Å². The minimum Gasteiger partial charge on any atom is -0.392 e. The summed E-state index contributed by atoms with van der Waals surface area (Å²) in [5.74, 6) is 0.0532. The number of rotatable bonds is 5. The summed E-state index contributed by atoms with van der Waals surface area (Å²) in [6.07, 6.45) is 7.14. The Morgan fingerprint density at radius 1 is 1.26 bits per heavy atom. The first kappa shape index (κ1) is 20.1. The van der Waals surface area contributed by atoms with Gasteiger partial charge in [0.2, 0.25) is 5.91 Å². The molecule has 1 fully saturated rings. The van der Waals surface area contributed by atoms with Crippen molar-refractivity contribution < 1.29 is 14.7 Å². The van der Waals surface area contributed by atoms with Gasteiger partial charge in [-0.25, -0.2) is 0 Å². The Morgan fingerprint density at radius 3 is 2.56 bits per heavy atom. The van der Waals surface area contributed by atoms with E-state index in [-0.39, 0.29) is 30.1 Å². The first-order valence-electron chi connectivity index (χ1n) is 10.4. The summed E-state index contributed by atoms with van der Waals surface area (Å²) in [5.41, 5.74) is 3.92. The molecule has 1 unspecified atom stereocenters. The van der Waals surface area contributed by atoms with Crippen LogP contribution in [-0.4, -0.2) is 34.0 Å². The molecule has 0 aromatic carbocycles. The number of fused-ring (bicyclic) bond motifs is 1. The van der Waals surface area contributed by atoms with Crippen LogP contribution in [0.15, 0.2) is 0 Å². The predicted molar refractivity (Wildman–Crippen MR) is 106 cm³/mol. The zero-order chi connectivity index (χ0) is 19.8. The lowest BCUT2D eigenvalue weighted by Gasteiger charge is -2.33. The summed E-state index contributed by atoms with van der Waals surface area (Å²) in [5, 5.41) is 12.2. The molecular weight excluding hydrogens is 340 g/mol. The van der Waals surface area contributed by atoms with E-state index in [9.17, 15) is 14.7 Å². The van der Waals surface area contributed by atoms with Gasteiger partial charge in [-0.2, -0.15) is 0 Å². The molecule has 1 atom stereocenters. The maximum absolute atomic E-state index is 13.0. The average Bonchev–Trinajstić information content (AvgIpc) is 2.84. The van der Waals surface area contributed by atoms with Crippen LogP contribution in [0.4, 0.5) is 0 Å². The standard InChI is InChI=1S/C22H34N2O3/c1-14(25)13-23-20(27)10-17-15(2)24(16-8-6-5-7-9-16)18-11-22(3,4)12-19(26)21(17)18/h14,16,25H,5-13H2,1-4H3,(H,23,27). The molecule has 2 N–H and O–H groups in total. The molecule has 1 aromatic rings. The molecule has 27 heavy (non-hydrogen) atoms. The lowest BCUT2D eigenvalue weighted by molar-refractivity contribution is -0.120. The summed E-state index contributed by atoms with van der Waals surface area (Å²) >= 11 is 0. The molecule has 2 aliphatic rings. The van der Waals surface area contributed by atoms with Crippen LogP contribution in [0, 0.1) is 12.3 Å². The van der Waals surface area contributed by atoms with Crippen molar-refractivity contribution in [1.82, 2.24) is 9.88 Å². The highest BCUT2D eigenvalue weighted by atomic mass is 16.3. The van der Waals surface area contributed by atoms with E-state index in [1.807, 2.05) is 0 Å². The average molecular weight is 375 g/mol. The molecular formula is C22H34N2O3. The van der Waals surface area contributed by atoms with E-state index in [0.717, 1.165) is 41.8 Å². The van der Waals surface area contributed by atoms with Crippen LogP contribution < -0.4 is 5.32 Å². The van der Waals surface area contributed by atoms with Crippen LogP contribution >= 0.6 is 0 Å². The summed E-state index contributed by atoms with van der Waals surface area (Å²) in [4.78, 5) is 25.5. The SMILES string of the molecule is Cc1c(CC(=O)NCC(C)O)c2c(n1C1CCCCC1)CC(C)(C)CC2=O. The maximum Gasteiger partial charge on any atom is 0.224 e. The third kappa shape index (κ3) is 4.29. The fourth-order valence-corrected chi connectivity index (χ4v) is 4.90. The molecule has 3 rings (SSSR count). The normalized spacial score (nSPS) is 21.0. The number of aromatic nitrogens is 1. The summed E-state index contributed by atoms with van der Waals surface area (Å²) in [7, 11) is 0. The molecule has 5 nitrogen and oxygen atoms in total. The van der Waals surface area contributed by atoms with E-state index in [1.54, 1.807) is 6.92 Å². The number of aliphatic hydroxyl groups excluding tert-OH is 1. The van der Waals surface area contributed by atoms with Crippen molar-refractivity contribution in [2.24, 2.45) is 5.41 Å². The molecule has 5 heteroatoms. The minimum atomic E-state index is -0.571. The van der Waals surface area contributed by atoms with E-state index in [1.165, 1.54) is 19.3 Å². The molecule has 0 bridgehead atoms. The number of aliphatic hydroxyl groups is 1. The van der Waals surface area contributed by atoms with Crippen molar-refractivity contribution in [2.75, 3.05) is 6.54 Å². The van der Waals surface area contributed by atoms with Gasteiger partial charge in [0.1, 0.15) is 0 Å². The lowest BCUT2D eigenvalue weighted by Crippen LogP contribution is -2.32. The fraction of sp³-hybridized carbons (Fsp3) is 0.727. The Balaban J connectivity index is 1.99. The Morgan fingerprint density at radius 2 is 1.93 bits per heavy atom. The van der Waals surface area contributed by atoms with Crippen molar-refractivity contribution in [3.63, 3.8) is 0 Å². The van der Waals surface area contributed by atoms with Crippen molar-refractivity contribution in [2.45, 2.75) is 91.2 Å². The number of carbonyl (C=O) groups is 2. The van der Waals surface area contributed by atoms with E-state index in [4.69, 9.17) is 0 Å². The highest BCUT2D eigenvalue weighted by Crippen LogP contribution is 2.42. The number of ketones is 1. The number of nitrogens with one attached hydrogen (secondary N) is 1. The predicted octanol–water partition coefficient (Wildman–Crippen LogP) is 3.50. The van der Waals surface area contributed by atoms with E-state index in [2.05, 4.69) is 30.7 Å². The van der Waals surface area contributed by atoms with Gasteiger partial charge in [0, 0.05) is 36.0 Å². The van der Waals surface area contributed by atoms with Gasteiger partial charge < -0.3 is 15.0 Å². The van der Waals surface area contributed by atoms with Crippen molar-refractivity contribution in [1.29, 1.82) is 0 Å². The number of carbonyl (C=O) groups excluding carboxylic acids is 2. The molecule has 1 amide bonds. The Hall–Kier alpha value is -1.62. The highest BCUT2D eigenvalue weighted by molar-refractivity contribution is 6.01. The third-order valence-electron chi connectivity index (χ3n) is 6.12. The van der Waals surface area contributed by atoms with E-state index >= 15 is 0 Å². The Bertz CT molecular complexity index is 724. The second-order valence-electron chi connectivity index (χ2n) is 9.32. The largest absolute Gasteiger partial charge is 0.392 e. The Kier molecular flexibility index (Phi) is 5.80. The molecule has 1 heterocycles. The lowest BCUT2D eigenvalue weighted by atomic mass is 9.75. The molecule has 0 radical (unpaired) electrons. The topological polar surface area (TPSA) is 71.3 Å². The van der Waals surface area contributed by atoms with Gasteiger partial charge in [-0.3, -0.25) is 9.59 Å². The zero-order valence-corrected chi connectivity index (χ0v) is 17.2. The van der Waals surface area contributed by atoms with Crippen LogP contribution in [-0.2, 0) is 17.6 Å². The molecule has 1 aromatic heterocycles. The van der Waals surface area contributed by atoms with Gasteiger partial charge in [-0.05, 0) is 44.1 Å². The minimum absolute atomic E-state index is 0.0346. The summed E-state index contributed by atoms with van der Waals surface area (Å²) < 4.78 is 2.41. The quantitative estimate of drug-likeness (QED) is 0.829. The fourth-order valence-electron chi connectivity index (χ4n) is 4.90. The molecule has 0 aliphatic heterocycles. The summed E-state index contributed by atoms with van der Waals surface area (Å²) in [6.45, 7) is 8.29. The first-order chi connectivity index (χ1) is 12.7. The van der Waals surface area contributed by atoms with Crippen LogP contribution in [0.3, 0.4) is 0 Å². The van der Waals surface area contributed by atoms with Crippen LogP contribution in [0.25, 0.3) is 0 Å². The van der Waals surface area contributed by atoms with Gasteiger partial charge in [-0.15, -0.1) is 0 Å². The maximum atomic E-state index is 13.0.